The van der Waals surface area contributed by atoms with Crippen molar-refractivity contribution >= 4 is 27.4 Å². The van der Waals surface area contributed by atoms with E-state index in [2.05, 4.69) is 5.32 Å². The van der Waals surface area contributed by atoms with E-state index in [1.807, 2.05) is 6.92 Å². The molecule has 0 saturated heterocycles. The number of Topliss-reactive ketones (excluding diaryl/α,β-unsaturated/α-hetero) is 1. The van der Waals surface area contributed by atoms with Gasteiger partial charge in [0.05, 0.1) is 30.9 Å². The molecule has 0 saturated carbocycles. The third-order valence-corrected chi connectivity index (χ3v) is 6.36. The molecule has 1 N–H and O–H groups in total. The van der Waals surface area contributed by atoms with E-state index < -0.39 is 22.5 Å². The van der Waals surface area contributed by atoms with Crippen molar-refractivity contribution in [3.05, 3.63) is 78.3 Å². The molecule has 3 rings (SSSR count). The van der Waals surface area contributed by atoms with E-state index in [-0.39, 0.29) is 17.2 Å². The molecular formula is C23H24N2O6S. The Kier molecular flexibility index (Phi) is 7.45. The van der Waals surface area contributed by atoms with Crippen LogP contribution in [0.15, 0.2) is 76.2 Å². The van der Waals surface area contributed by atoms with Crippen LogP contribution in [0.5, 0.6) is 5.75 Å². The maximum atomic E-state index is 13.3. The van der Waals surface area contributed by atoms with Gasteiger partial charge in [-0.05, 0) is 62.4 Å². The number of carbonyl (C=O) groups is 2. The summed E-state index contributed by atoms with van der Waals surface area (Å²) in [6.45, 7) is 3.15. The maximum absolute atomic E-state index is 13.3. The minimum atomic E-state index is -4.01. The number of nitrogens with zero attached hydrogens (tertiary/aromatic N) is 1. The molecule has 0 radical (unpaired) electrons. The molecule has 1 aromatic heterocycles. The summed E-state index contributed by atoms with van der Waals surface area (Å²) in [5.41, 5.74) is 0.844. The summed E-state index contributed by atoms with van der Waals surface area (Å²) in [5.74, 6) is 0.253. The summed E-state index contributed by atoms with van der Waals surface area (Å²) >= 11 is 0. The Morgan fingerprint density at radius 2 is 1.81 bits per heavy atom. The number of hydrogen-bond acceptors (Lipinski definition) is 6. The molecule has 2 aromatic carbocycles. The second-order valence-electron chi connectivity index (χ2n) is 6.94. The molecule has 32 heavy (non-hydrogen) atoms. The lowest BCUT2D eigenvalue weighted by Gasteiger charge is -2.21. The molecule has 0 spiro atoms. The lowest BCUT2D eigenvalue weighted by atomic mass is 10.1. The van der Waals surface area contributed by atoms with Crippen LogP contribution in [-0.2, 0) is 21.4 Å². The smallest absolute Gasteiger partial charge is 0.243 e. The van der Waals surface area contributed by atoms with E-state index in [1.165, 1.54) is 31.4 Å². The van der Waals surface area contributed by atoms with Crippen molar-refractivity contribution in [2.45, 2.75) is 25.3 Å². The predicted molar refractivity (Wildman–Crippen MR) is 119 cm³/mol. The van der Waals surface area contributed by atoms with Crippen molar-refractivity contribution < 1.29 is 27.2 Å². The van der Waals surface area contributed by atoms with Crippen molar-refractivity contribution in [3.8, 4) is 5.75 Å². The van der Waals surface area contributed by atoms with Crippen LogP contribution in [0.1, 0.15) is 30.0 Å². The highest BCUT2D eigenvalue weighted by molar-refractivity contribution is 7.89. The SMILES string of the molecule is CCOc1ccc(S(=O)(=O)N(CC(=O)Nc2cccc(C(C)=O)c2)Cc2ccco2)cc1. The van der Waals surface area contributed by atoms with Gasteiger partial charge >= 0.3 is 0 Å². The normalized spacial score (nSPS) is 11.3. The molecule has 9 heteroatoms. The van der Waals surface area contributed by atoms with E-state index in [0.717, 1.165) is 4.31 Å². The maximum Gasteiger partial charge on any atom is 0.243 e. The number of amides is 1. The number of furan rings is 1. The van der Waals surface area contributed by atoms with Crippen molar-refractivity contribution in [2.75, 3.05) is 18.5 Å². The van der Waals surface area contributed by atoms with Crippen LogP contribution >= 0.6 is 0 Å². The first-order chi connectivity index (χ1) is 15.3. The molecule has 0 atom stereocenters. The minimum Gasteiger partial charge on any atom is -0.494 e. The van der Waals surface area contributed by atoms with Crippen LogP contribution in [0, 0.1) is 0 Å². The molecule has 0 aliphatic carbocycles. The number of hydrogen-bond donors (Lipinski definition) is 1. The molecule has 0 bridgehead atoms. The first-order valence-electron chi connectivity index (χ1n) is 9.96. The molecular weight excluding hydrogens is 432 g/mol. The number of carbonyl (C=O) groups excluding carboxylic acids is 2. The Labute approximate surface area is 186 Å². The number of anilines is 1. The van der Waals surface area contributed by atoms with E-state index >= 15 is 0 Å². The predicted octanol–water partition coefficient (Wildman–Crippen LogP) is 3.71. The molecule has 1 heterocycles. The van der Waals surface area contributed by atoms with Crippen LogP contribution in [0.4, 0.5) is 5.69 Å². The van der Waals surface area contributed by atoms with Gasteiger partial charge in [-0.15, -0.1) is 0 Å². The number of sulfonamides is 1. The van der Waals surface area contributed by atoms with Crippen LogP contribution in [0.3, 0.4) is 0 Å². The standard InChI is InChI=1S/C23H24N2O6S/c1-3-30-20-9-11-22(12-10-20)32(28,29)25(15-21-8-5-13-31-21)16-23(27)24-19-7-4-6-18(14-19)17(2)26/h4-14H,3,15-16H2,1-2H3,(H,24,27). The Hall–Kier alpha value is -3.43. The Balaban J connectivity index is 1.82. The first kappa shape index (κ1) is 23.2. The summed E-state index contributed by atoms with van der Waals surface area (Å²) in [4.78, 5) is 24.3. The van der Waals surface area contributed by atoms with Crippen molar-refractivity contribution in [1.82, 2.24) is 4.31 Å². The fourth-order valence-electron chi connectivity index (χ4n) is 3.00. The Bertz CT molecular complexity index is 1170. The van der Waals surface area contributed by atoms with Crippen LogP contribution in [0.2, 0.25) is 0 Å². The van der Waals surface area contributed by atoms with Crippen LogP contribution in [0.25, 0.3) is 0 Å². The van der Waals surface area contributed by atoms with Crippen LogP contribution < -0.4 is 10.1 Å². The van der Waals surface area contributed by atoms with Crippen molar-refractivity contribution in [2.24, 2.45) is 0 Å². The van der Waals surface area contributed by atoms with Gasteiger partial charge in [0.15, 0.2) is 5.78 Å². The average molecular weight is 457 g/mol. The van der Waals surface area contributed by atoms with Gasteiger partial charge in [-0.1, -0.05) is 12.1 Å². The summed E-state index contributed by atoms with van der Waals surface area (Å²) in [7, 11) is -4.01. The summed E-state index contributed by atoms with van der Waals surface area (Å²) in [5, 5.41) is 2.65. The van der Waals surface area contributed by atoms with Gasteiger partial charge < -0.3 is 14.5 Å². The zero-order chi connectivity index (χ0) is 23.1. The molecule has 0 fully saturated rings. The second kappa shape index (κ2) is 10.3. The van der Waals surface area contributed by atoms with E-state index in [9.17, 15) is 18.0 Å². The molecule has 8 nitrogen and oxygen atoms in total. The average Bonchev–Trinajstić information content (AvgIpc) is 3.27. The highest BCUT2D eigenvalue weighted by atomic mass is 32.2. The highest BCUT2D eigenvalue weighted by Crippen LogP contribution is 2.22. The molecule has 0 aliphatic rings. The Morgan fingerprint density at radius 3 is 2.44 bits per heavy atom. The van der Waals surface area contributed by atoms with E-state index in [0.29, 0.717) is 29.4 Å². The van der Waals surface area contributed by atoms with Gasteiger partial charge in [0, 0.05) is 11.3 Å². The lowest BCUT2D eigenvalue weighted by Crippen LogP contribution is -2.37. The fraction of sp³-hybridized carbons (Fsp3) is 0.217. The second-order valence-corrected chi connectivity index (χ2v) is 8.88. The van der Waals surface area contributed by atoms with E-state index in [4.69, 9.17) is 9.15 Å². The third-order valence-electron chi connectivity index (χ3n) is 4.56. The van der Waals surface area contributed by atoms with Gasteiger partial charge in [0.2, 0.25) is 15.9 Å². The molecule has 0 aliphatic heterocycles. The zero-order valence-corrected chi connectivity index (χ0v) is 18.6. The molecule has 168 valence electrons. The summed E-state index contributed by atoms with van der Waals surface area (Å²) in [6.07, 6.45) is 1.43. The fourth-order valence-corrected chi connectivity index (χ4v) is 4.37. The van der Waals surface area contributed by atoms with Gasteiger partial charge in [-0.25, -0.2) is 8.42 Å². The van der Waals surface area contributed by atoms with Gasteiger partial charge in [0.1, 0.15) is 11.5 Å². The largest absolute Gasteiger partial charge is 0.494 e. The van der Waals surface area contributed by atoms with Crippen LogP contribution in [-0.4, -0.2) is 37.6 Å². The molecule has 1 amide bonds. The molecule has 3 aromatic rings. The minimum absolute atomic E-state index is 0.0267. The van der Waals surface area contributed by atoms with Crippen molar-refractivity contribution in [1.29, 1.82) is 0 Å². The monoisotopic (exact) mass is 456 g/mol. The number of ketones is 1. The topological polar surface area (TPSA) is 106 Å². The molecule has 0 unspecified atom stereocenters. The Morgan fingerprint density at radius 1 is 1.06 bits per heavy atom. The quantitative estimate of drug-likeness (QED) is 0.466. The van der Waals surface area contributed by atoms with Gasteiger partial charge in [-0.3, -0.25) is 9.59 Å². The summed E-state index contributed by atoms with van der Waals surface area (Å²) in [6, 6.07) is 15.7. The number of ether oxygens (including phenoxy) is 1. The summed E-state index contributed by atoms with van der Waals surface area (Å²) < 4.78 is 38.2. The van der Waals surface area contributed by atoms with Crippen molar-refractivity contribution in [3.63, 3.8) is 0 Å². The zero-order valence-electron chi connectivity index (χ0n) is 17.8. The third kappa shape index (κ3) is 5.83. The van der Waals surface area contributed by atoms with Gasteiger partial charge in [0.25, 0.3) is 0 Å². The number of nitrogens with one attached hydrogen (secondary N) is 1. The number of benzene rings is 2. The lowest BCUT2D eigenvalue weighted by molar-refractivity contribution is -0.116. The van der Waals surface area contributed by atoms with E-state index in [1.54, 1.807) is 42.5 Å². The van der Waals surface area contributed by atoms with Gasteiger partial charge in [-0.2, -0.15) is 4.31 Å². The first-order valence-corrected chi connectivity index (χ1v) is 11.4. The highest BCUT2D eigenvalue weighted by Gasteiger charge is 2.28. The number of rotatable bonds is 10.